The number of hydrogen-bond acceptors (Lipinski definition) is 2. The highest BCUT2D eigenvalue weighted by atomic mass is 16.5. The van der Waals surface area contributed by atoms with Crippen molar-refractivity contribution in [2.75, 3.05) is 5.32 Å². The molecule has 0 radical (unpaired) electrons. The third-order valence-corrected chi connectivity index (χ3v) is 3.94. The summed E-state index contributed by atoms with van der Waals surface area (Å²) in [5, 5.41) is 2.97. The molecule has 0 saturated carbocycles. The highest BCUT2D eigenvalue weighted by Gasteiger charge is 2.15. The second-order valence-electron chi connectivity index (χ2n) is 5.93. The number of para-hydroxylation sites is 2. The molecule has 0 bridgehead atoms. The molecular formula is C20H21NO2. The van der Waals surface area contributed by atoms with Crippen LogP contribution in [0, 0.1) is 12.8 Å². The minimum absolute atomic E-state index is 0.0295. The van der Waals surface area contributed by atoms with Gasteiger partial charge in [-0.2, -0.15) is 0 Å². The summed E-state index contributed by atoms with van der Waals surface area (Å²) in [7, 11) is 0. The Kier molecular flexibility index (Phi) is 4.77. The molecule has 3 heteroatoms. The number of aryl methyl sites for hydroxylation is 1. The van der Waals surface area contributed by atoms with Gasteiger partial charge in [0.2, 0.25) is 5.91 Å². The topological polar surface area (TPSA) is 38.3 Å². The summed E-state index contributed by atoms with van der Waals surface area (Å²) < 4.78 is 5.93. The number of amides is 1. The summed E-state index contributed by atoms with van der Waals surface area (Å²) in [5.74, 6) is 1.82. The second-order valence-corrected chi connectivity index (χ2v) is 5.93. The van der Waals surface area contributed by atoms with E-state index in [1.54, 1.807) is 0 Å². The van der Waals surface area contributed by atoms with E-state index in [-0.39, 0.29) is 5.91 Å². The van der Waals surface area contributed by atoms with Gasteiger partial charge in [0.25, 0.3) is 0 Å². The Morgan fingerprint density at radius 1 is 1.22 bits per heavy atom. The van der Waals surface area contributed by atoms with Gasteiger partial charge in [-0.3, -0.25) is 4.79 Å². The molecular weight excluding hydrogens is 286 g/mol. The molecule has 23 heavy (non-hydrogen) atoms. The van der Waals surface area contributed by atoms with Gasteiger partial charge in [-0.05, 0) is 55.5 Å². The summed E-state index contributed by atoms with van der Waals surface area (Å²) in [6.07, 6.45) is 6.94. The number of anilines is 1. The number of carbonyl (C=O) groups excluding carboxylic acids is 1. The lowest BCUT2D eigenvalue weighted by atomic mass is 10.1. The molecule has 3 rings (SSSR count). The SMILES string of the molecule is Cc1cccc(Oc2ccccc2NC(=O)C[C@@H]2C=CCC2)c1. The average molecular weight is 307 g/mol. The zero-order valence-corrected chi connectivity index (χ0v) is 13.3. The van der Waals surface area contributed by atoms with Crippen LogP contribution in [-0.4, -0.2) is 5.91 Å². The van der Waals surface area contributed by atoms with E-state index >= 15 is 0 Å². The first-order chi connectivity index (χ1) is 11.2. The number of allylic oxidation sites excluding steroid dienone is 2. The Morgan fingerprint density at radius 3 is 2.87 bits per heavy atom. The lowest BCUT2D eigenvalue weighted by Crippen LogP contribution is -2.15. The molecule has 1 atom stereocenters. The Balaban J connectivity index is 1.70. The number of carbonyl (C=O) groups is 1. The van der Waals surface area contributed by atoms with Crippen LogP contribution in [0.2, 0.25) is 0 Å². The van der Waals surface area contributed by atoms with Crippen LogP contribution in [0.4, 0.5) is 5.69 Å². The standard InChI is InChI=1S/C20H21NO2/c1-15-7-6-10-17(13-15)23-19-12-5-4-11-18(19)21-20(22)14-16-8-2-3-9-16/h2,4-8,10-13,16H,3,9,14H2,1H3,(H,21,22)/t16-/m1/s1. The maximum atomic E-state index is 12.2. The first-order valence-corrected chi connectivity index (χ1v) is 8.01. The zero-order valence-electron chi connectivity index (χ0n) is 13.3. The van der Waals surface area contributed by atoms with Gasteiger partial charge in [0, 0.05) is 6.42 Å². The second kappa shape index (κ2) is 7.14. The van der Waals surface area contributed by atoms with E-state index in [1.807, 2.05) is 55.5 Å². The molecule has 0 fully saturated rings. The van der Waals surface area contributed by atoms with Crippen LogP contribution in [-0.2, 0) is 4.79 Å². The Hall–Kier alpha value is -2.55. The normalized spacial score (nSPS) is 16.3. The highest BCUT2D eigenvalue weighted by Crippen LogP contribution is 2.30. The molecule has 1 aliphatic carbocycles. The summed E-state index contributed by atoms with van der Waals surface area (Å²) in [6.45, 7) is 2.02. The molecule has 0 unspecified atom stereocenters. The molecule has 1 amide bonds. The van der Waals surface area contributed by atoms with Gasteiger partial charge in [-0.1, -0.05) is 36.4 Å². The van der Waals surface area contributed by atoms with Crippen molar-refractivity contribution in [3.05, 3.63) is 66.2 Å². The van der Waals surface area contributed by atoms with Crippen LogP contribution < -0.4 is 10.1 Å². The van der Waals surface area contributed by atoms with E-state index in [0.29, 0.717) is 23.8 Å². The zero-order chi connectivity index (χ0) is 16.1. The molecule has 118 valence electrons. The fourth-order valence-corrected chi connectivity index (χ4v) is 2.77. The van der Waals surface area contributed by atoms with Crippen molar-refractivity contribution in [3.8, 4) is 11.5 Å². The lowest BCUT2D eigenvalue weighted by Gasteiger charge is -2.13. The van der Waals surface area contributed by atoms with Crippen LogP contribution in [0.5, 0.6) is 11.5 Å². The van der Waals surface area contributed by atoms with Crippen molar-refractivity contribution in [1.82, 2.24) is 0 Å². The summed E-state index contributed by atoms with van der Waals surface area (Å²) in [5.41, 5.74) is 1.85. The minimum Gasteiger partial charge on any atom is -0.455 e. The average Bonchev–Trinajstić information content (AvgIpc) is 3.02. The van der Waals surface area contributed by atoms with Gasteiger partial charge in [0.05, 0.1) is 5.69 Å². The van der Waals surface area contributed by atoms with Gasteiger partial charge in [-0.15, -0.1) is 0 Å². The van der Waals surface area contributed by atoms with E-state index in [4.69, 9.17) is 4.74 Å². The van der Waals surface area contributed by atoms with Crippen molar-refractivity contribution in [2.45, 2.75) is 26.2 Å². The Bertz CT molecular complexity index is 721. The van der Waals surface area contributed by atoms with Gasteiger partial charge in [0.1, 0.15) is 5.75 Å². The van der Waals surface area contributed by atoms with Gasteiger partial charge in [0.15, 0.2) is 5.75 Å². The number of ether oxygens (including phenoxy) is 1. The number of hydrogen-bond donors (Lipinski definition) is 1. The molecule has 1 N–H and O–H groups in total. The molecule has 1 aliphatic rings. The van der Waals surface area contributed by atoms with Crippen LogP contribution in [0.3, 0.4) is 0 Å². The molecule has 0 spiro atoms. The third-order valence-electron chi connectivity index (χ3n) is 3.94. The molecule has 2 aromatic rings. The van der Waals surface area contributed by atoms with Crippen molar-refractivity contribution >= 4 is 11.6 Å². The predicted octanol–water partition coefficient (Wildman–Crippen LogP) is 5.08. The van der Waals surface area contributed by atoms with Gasteiger partial charge < -0.3 is 10.1 Å². The quantitative estimate of drug-likeness (QED) is 0.782. The van der Waals surface area contributed by atoms with Crippen molar-refractivity contribution < 1.29 is 9.53 Å². The van der Waals surface area contributed by atoms with Gasteiger partial charge >= 0.3 is 0 Å². The predicted molar refractivity (Wildman–Crippen MR) is 92.8 cm³/mol. The number of benzene rings is 2. The third kappa shape index (κ3) is 4.22. The van der Waals surface area contributed by atoms with Crippen molar-refractivity contribution in [3.63, 3.8) is 0 Å². The van der Waals surface area contributed by atoms with Crippen LogP contribution in [0.25, 0.3) is 0 Å². The Labute approximate surface area is 137 Å². The largest absolute Gasteiger partial charge is 0.455 e. The number of rotatable bonds is 5. The van der Waals surface area contributed by atoms with E-state index in [2.05, 4.69) is 17.5 Å². The van der Waals surface area contributed by atoms with Crippen molar-refractivity contribution in [1.29, 1.82) is 0 Å². The molecule has 3 nitrogen and oxygen atoms in total. The van der Waals surface area contributed by atoms with E-state index in [0.717, 1.165) is 24.2 Å². The van der Waals surface area contributed by atoms with Crippen molar-refractivity contribution in [2.24, 2.45) is 5.92 Å². The van der Waals surface area contributed by atoms with E-state index in [1.165, 1.54) is 0 Å². The molecule has 0 heterocycles. The minimum atomic E-state index is 0.0295. The summed E-state index contributed by atoms with van der Waals surface area (Å²) in [4.78, 5) is 12.2. The summed E-state index contributed by atoms with van der Waals surface area (Å²) in [6, 6.07) is 15.4. The van der Waals surface area contributed by atoms with E-state index < -0.39 is 0 Å². The maximum Gasteiger partial charge on any atom is 0.225 e. The first kappa shape index (κ1) is 15.3. The van der Waals surface area contributed by atoms with E-state index in [9.17, 15) is 4.79 Å². The Morgan fingerprint density at radius 2 is 2.09 bits per heavy atom. The maximum absolute atomic E-state index is 12.2. The fraction of sp³-hybridized carbons (Fsp3) is 0.250. The van der Waals surface area contributed by atoms with Crippen LogP contribution in [0.15, 0.2) is 60.7 Å². The van der Waals surface area contributed by atoms with Crippen LogP contribution >= 0.6 is 0 Å². The molecule has 2 aromatic carbocycles. The van der Waals surface area contributed by atoms with Crippen LogP contribution in [0.1, 0.15) is 24.8 Å². The number of nitrogens with one attached hydrogen (secondary N) is 1. The fourth-order valence-electron chi connectivity index (χ4n) is 2.77. The molecule has 0 saturated heterocycles. The highest BCUT2D eigenvalue weighted by molar-refractivity contribution is 5.92. The van der Waals surface area contributed by atoms with Gasteiger partial charge in [-0.25, -0.2) is 0 Å². The monoisotopic (exact) mass is 307 g/mol. The first-order valence-electron chi connectivity index (χ1n) is 8.01. The lowest BCUT2D eigenvalue weighted by molar-refractivity contribution is -0.116. The molecule has 0 aliphatic heterocycles. The smallest absolute Gasteiger partial charge is 0.225 e. The summed E-state index contributed by atoms with van der Waals surface area (Å²) >= 11 is 0. The molecule has 0 aromatic heterocycles.